The summed E-state index contributed by atoms with van der Waals surface area (Å²) >= 11 is 8.21. The Kier molecular flexibility index (Phi) is 3.65. The van der Waals surface area contributed by atoms with Gasteiger partial charge in [0.1, 0.15) is 15.7 Å². The highest BCUT2D eigenvalue weighted by atomic mass is 32.2. The lowest BCUT2D eigenvalue weighted by Gasteiger charge is -2.04. The number of nitrogens with two attached hydrogens (primary N) is 1. The van der Waals surface area contributed by atoms with E-state index < -0.39 is 0 Å². The Morgan fingerprint density at radius 2 is 2.06 bits per heavy atom. The normalized spacial score (nSPS) is 11.0. The molecule has 90 valence electrons. The maximum atomic E-state index is 5.54. The number of aryl methyl sites for hydroxylation is 3. The van der Waals surface area contributed by atoms with Gasteiger partial charge >= 0.3 is 0 Å². The highest BCUT2D eigenvalue weighted by molar-refractivity contribution is 8.01. The van der Waals surface area contributed by atoms with Crippen molar-refractivity contribution in [1.29, 1.82) is 0 Å². The van der Waals surface area contributed by atoms with Crippen molar-refractivity contribution in [3.8, 4) is 0 Å². The quantitative estimate of drug-likeness (QED) is 0.533. The number of thiophene rings is 1. The maximum absolute atomic E-state index is 5.54. The summed E-state index contributed by atoms with van der Waals surface area (Å²) in [6, 6.07) is 0. The molecule has 0 aliphatic carbocycles. The molecule has 6 heteroatoms. The molecule has 0 amide bonds. The third kappa shape index (κ3) is 2.59. The first-order chi connectivity index (χ1) is 7.99. The van der Waals surface area contributed by atoms with Gasteiger partial charge in [-0.15, -0.1) is 11.3 Å². The molecule has 2 N–H and O–H groups in total. The van der Waals surface area contributed by atoms with Crippen molar-refractivity contribution >= 4 is 50.5 Å². The molecule has 17 heavy (non-hydrogen) atoms. The summed E-state index contributed by atoms with van der Waals surface area (Å²) in [5.41, 5.74) is 6.80. The van der Waals surface area contributed by atoms with Gasteiger partial charge in [-0.25, -0.2) is 9.97 Å². The zero-order chi connectivity index (χ0) is 12.6. The Balaban J connectivity index is 2.55. The fraction of sp³-hybridized carbons (Fsp3) is 0.364. The fourth-order valence-corrected chi connectivity index (χ4v) is 3.74. The van der Waals surface area contributed by atoms with Gasteiger partial charge in [0.15, 0.2) is 0 Å². The molecule has 0 aromatic carbocycles. The van der Waals surface area contributed by atoms with Crippen molar-refractivity contribution in [1.82, 2.24) is 9.97 Å². The minimum Gasteiger partial charge on any atom is -0.393 e. The summed E-state index contributed by atoms with van der Waals surface area (Å²) in [7, 11) is 0. The fourth-order valence-electron chi connectivity index (χ4n) is 1.56. The standard InChI is InChI=1S/C11H13N3S3/c1-5-6(2)17-11-9(5)10(13-7(3)14-11)16-4-8(12)15/h4H2,1-3H3,(H2,12,15). The second kappa shape index (κ2) is 4.88. The molecule has 0 fully saturated rings. The van der Waals surface area contributed by atoms with E-state index in [1.807, 2.05) is 6.92 Å². The predicted molar refractivity (Wildman–Crippen MR) is 79.1 cm³/mol. The summed E-state index contributed by atoms with van der Waals surface area (Å²) in [5.74, 6) is 1.42. The average molecular weight is 283 g/mol. The molecule has 0 aliphatic heterocycles. The second-order valence-electron chi connectivity index (χ2n) is 3.79. The summed E-state index contributed by atoms with van der Waals surface area (Å²) < 4.78 is 0. The van der Waals surface area contributed by atoms with E-state index in [0.717, 1.165) is 21.1 Å². The van der Waals surface area contributed by atoms with Crippen LogP contribution in [0.25, 0.3) is 10.2 Å². The number of aromatic nitrogens is 2. The van der Waals surface area contributed by atoms with Crippen LogP contribution in [0.3, 0.4) is 0 Å². The van der Waals surface area contributed by atoms with Gasteiger partial charge in [0.2, 0.25) is 0 Å². The van der Waals surface area contributed by atoms with Gasteiger partial charge in [-0.1, -0.05) is 24.0 Å². The molecule has 2 rings (SSSR count). The molecular weight excluding hydrogens is 270 g/mol. The van der Waals surface area contributed by atoms with Gasteiger partial charge < -0.3 is 5.73 Å². The van der Waals surface area contributed by atoms with E-state index in [-0.39, 0.29) is 0 Å². The Morgan fingerprint density at radius 3 is 2.71 bits per heavy atom. The lowest BCUT2D eigenvalue weighted by Crippen LogP contribution is -2.10. The average Bonchev–Trinajstić information content (AvgIpc) is 2.51. The first kappa shape index (κ1) is 12.7. The minimum absolute atomic E-state index is 0.504. The van der Waals surface area contributed by atoms with Gasteiger partial charge in [0, 0.05) is 16.0 Å². The molecule has 2 heterocycles. The van der Waals surface area contributed by atoms with Crippen LogP contribution in [0, 0.1) is 20.8 Å². The maximum Gasteiger partial charge on any atom is 0.128 e. The first-order valence-electron chi connectivity index (χ1n) is 5.14. The highest BCUT2D eigenvalue weighted by Gasteiger charge is 2.13. The molecule has 0 spiro atoms. The lowest BCUT2D eigenvalue weighted by atomic mass is 10.2. The van der Waals surface area contributed by atoms with Gasteiger partial charge in [0.25, 0.3) is 0 Å². The monoisotopic (exact) mass is 283 g/mol. The van der Waals surface area contributed by atoms with E-state index >= 15 is 0 Å². The summed E-state index contributed by atoms with van der Waals surface area (Å²) in [6.45, 7) is 6.13. The van der Waals surface area contributed by atoms with E-state index in [9.17, 15) is 0 Å². The van der Waals surface area contributed by atoms with Crippen molar-refractivity contribution in [2.45, 2.75) is 25.8 Å². The highest BCUT2D eigenvalue weighted by Crippen LogP contribution is 2.34. The van der Waals surface area contributed by atoms with Crippen LogP contribution in [0.2, 0.25) is 0 Å². The van der Waals surface area contributed by atoms with Gasteiger partial charge in [-0.3, -0.25) is 0 Å². The molecule has 0 unspecified atom stereocenters. The summed E-state index contributed by atoms with van der Waals surface area (Å²) in [5, 5.41) is 2.14. The number of hydrogen-bond donors (Lipinski definition) is 1. The van der Waals surface area contributed by atoms with Crippen LogP contribution in [0.15, 0.2) is 5.03 Å². The number of thiocarbonyl (C=S) groups is 1. The molecule has 2 aromatic heterocycles. The van der Waals surface area contributed by atoms with E-state index in [4.69, 9.17) is 18.0 Å². The van der Waals surface area contributed by atoms with Crippen LogP contribution in [0.4, 0.5) is 0 Å². The molecule has 0 radical (unpaired) electrons. The van der Waals surface area contributed by atoms with Gasteiger partial charge in [-0.05, 0) is 26.3 Å². The third-order valence-corrected chi connectivity index (χ3v) is 4.91. The Bertz CT molecular complexity index is 589. The third-order valence-electron chi connectivity index (χ3n) is 2.46. The van der Waals surface area contributed by atoms with Gasteiger partial charge in [-0.2, -0.15) is 0 Å². The first-order valence-corrected chi connectivity index (χ1v) is 7.35. The molecule has 0 saturated carbocycles. The summed E-state index contributed by atoms with van der Waals surface area (Å²) in [6.07, 6.45) is 0. The number of hydrogen-bond acceptors (Lipinski definition) is 5. The zero-order valence-corrected chi connectivity index (χ0v) is 12.4. The van der Waals surface area contributed by atoms with Crippen LogP contribution in [0.5, 0.6) is 0 Å². The smallest absolute Gasteiger partial charge is 0.128 e. The van der Waals surface area contributed by atoms with E-state index in [2.05, 4.69) is 23.8 Å². The molecule has 3 nitrogen and oxygen atoms in total. The summed E-state index contributed by atoms with van der Waals surface area (Å²) in [4.78, 5) is 11.8. The van der Waals surface area contributed by atoms with Crippen LogP contribution >= 0.6 is 35.3 Å². The van der Waals surface area contributed by atoms with Crippen molar-refractivity contribution in [3.63, 3.8) is 0 Å². The van der Waals surface area contributed by atoms with Crippen molar-refractivity contribution in [3.05, 3.63) is 16.3 Å². The van der Waals surface area contributed by atoms with E-state index in [0.29, 0.717) is 10.7 Å². The Hall–Kier alpha value is -0.720. The molecule has 0 bridgehead atoms. The number of thioether (sulfide) groups is 1. The number of rotatable bonds is 3. The van der Waals surface area contributed by atoms with E-state index in [1.54, 1.807) is 23.1 Å². The van der Waals surface area contributed by atoms with Crippen molar-refractivity contribution in [2.24, 2.45) is 5.73 Å². The second-order valence-corrected chi connectivity index (χ2v) is 6.49. The molecular formula is C11H13N3S3. The molecule has 0 saturated heterocycles. The van der Waals surface area contributed by atoms with Crippen LogP contribution in [0.1, 0.15) is 16.3 Å². The zero-order valence-electron chi connectivity index (χ0n) is 9.90. The predicted octanol–water partition coefficient (Wildman–Crippen LogP) is 2.99. The van der Waals surface area contributed by atoms with Gasteiger partial charge in [0.05, 0.1) is 4.99 Å². The van der Waals surface area contributed by atoms with Crippen LogP contribution < -0.4 is 5.73 Å². The topological polar surface area (TPSA) is 51.8 Å². The number of nitrogens with zero attached hydrogens (tertiary/aromatic N) is 2. The molecule has 2 aromatic rings. The van der Waals surface area contributed by atoms with Crippen LogP contribution in [-0.2, 0) is 0 Å². The number of fused-ring (bicyclic) bond motifs is 1. The molecule has 0 aliphatic rings. The van der Waals surface area contributed by atoms with E-state index in [1.165, 1.54) is 10.4 Å². The van der Waals surface area contributed by atoms with Crippen LogP contribution in [-0.4, -0.2) is 20.7 Å². The van der Waals surface area contributed by atoms with Crippen molar-refractivity contribution in [2.75, 3.05) is 5.75 Å². The largest absolute Gasteiger partial charge is 0.393 e. The lowest BCUT2D eigenvalue weighted by molar-refractivity contribution is 1.01. The van der Waals surface area contributed by atoms with Crippen molar-refractivity contribution < 1.29 is 0 Å². The minimum atomic E-state index is 0.504. The Labute approximate surface area is 114 Å². The Morgan fingerprint density at radius 1 is 1.35 bits per heavy atom. The SMILES string of the molecule is Cc1nc(SCC(N)=S)c2c(C)c(C)sc2n1. The molecule has 0 atom stereocenters.